The molecule has 42 heavy (non-hydrogen) atoms. The van der Waals surface area contributed by atoms with Crippen LogP contribution in [0.3, 0.4) is 0 Å². The minimum Gasteiger partial charge on any atom is -0.487 e. The Hall–Kier alpha value is -4.41. The Morgan fingerprint density at radius 1 is 1.07 bits per heavy atom. The van der Waals surface area contributed by atoms with E-state index in [1.165, 1.54) is 24.0 Å². The normalized spacial score (nSPS) is 11.8. The van der Waals surface area contributed by atoms with Crippen LogP contribution in [0.25, 0.3) is 12.2 Å². The van der Waals surface area contributed by atoms with Crippen molar-refractivity contribution in [2.75, 3.05) is 6.61 Å². The highest BCUT2D eigenvalue weighted by molar-refractivity contribution is 5.69. The van der Waals surface area contributed by atoms with Crippen LogP contribution >= 0.6 is 0 Å². The molecule has 0 bridgehead atoms. The van der Waals surface area contributed by atoms with Gasteiger partial charge in [-0.3, -0.25) is 9.48 Å². The molecule has 0 saturated carbocycles. The molecule has 11 heteroatoms. The van der Waals surface area contributed by atoms with E-state index in [1.807, 2.05) is 31.2 Å². The Morgan fingerprint density at radius 3 is 2.62 bits per heavy atom. The second-order valence-corrected chi connectivity index (χ2v) is 9.61. The maximum absolute atomic E-state index is 14.0. The first-order chi connectivity index (χ1) is 20.1. The molecule has 0 spiro atoms. The van der Waals surface area contributed by atoms with Crippen molar-refractivity contribution in [1.82, 2.24) is 14.8 Å². The van der Waals surface area contributed by atoms with Gasteiger partial charge >= 0.3 is 12.1 Å². The van der Waals surface area contributed by atoms with Gasteiger partial charge in [0.25, 0.3) is 0 Å². The summed E-state index contributed by atoms with van der Waals surface area (Å²) in [6.07, 6.45) is 4.79. The van der Waals surface area contributed by atoms with E-state index in [9.17, 15) is 22.4 Å². The quantitative estimate of drug-likeness (QED) is 0.0937. The largest absolute Gasteiger partial charge is 0.487 e. The molecule has 7 nitrogen and oxygen atoms in total. The molecule has 2 aromatic heterocycles. The fourth-order valence-corrected chi connectivity index (χ4v) is 4.33. The highest BCUT2D eigenvalue weighted by atomic mass is 19.4. The van der Waals surface area contributed by atoms with Crippen molar-refractivity contribution in [1.29, 1.82) is 0 Å². The Balaban J connectivity index is 1.23. The van der Waals surface area contributed by atoms with E-state index >= 15 is 0 Å². The van der Waals surface area contributed by atoms with E-state index in [0.29, 0.717) is 24.1 Å². The van der Waals surface area contributed by atoms with Crippen LogP contribution in [0.1, 0.15) is 59.3 Å². The number of aryl methyl sites for hydroxylation is 3. The molecule has 0 unspecified atom stereocenters. The maximum Gasteiger partial charge on any atom is 0.416 e. The molecule has 0 atom stereocenters. The lowest BCUT2D eigenvalue weighted by Gasteiger charge is -2.10. The second-order valence-electron chi connectivity index (χ2n) is 9.61. The number of benzene rings is 2. The van der Waals surface area contributed by atoms with Crippen LogP contribution in [-0.2, 0) is 41.7 Å². The average Bonchev–Trinajstić information content (AvgIpc) is 3.59. The number of hydrogen-bond donors (Lipinski definition) is 0. The zero-order valence-electron chi connectivity index (χ0n) is 23.3. The molecule has 0 aliphatic rings. The van der Waals surface area contributed by atoms with Crippen LogP contribution in [0.2, 0.25) is 0 Å². The van der Waals surface area contributed by atoms with Crippen molar-refractivity contribution >= 4 is 18.1 Å². The summed E-state index contributed by atoms with van der Waals surface area (Å²) < 4.78 is 70.1. The van der Waals surface area contributed by atoms with Gasteiger partial charge in [-0.15, -0.1) is 0 Å². The SMILES string of the molecule is CCOC(=O)Cn1nccc1CCCCc1ccc(OCc2coc(/C=C/c3ccc(C(F)(F)F)cc3F)n2)cc1C. The predicted molar refractivity (Wildman–Crippen MR) is 148 cm³/mol. The topological polar surface area (TPSA) is 79.4 Å². The molecule has 4 rings (SSSR count). The number of alkyl halides is 3. The third-order valence-corrected chi connectivity index (χ3v) is 6.52. The fraction of sp³-hybridized carbons (Fsp3) is 0.323. The molecule has 0 aliphatic heterocycles. The van der Waals surface area contributed by atoms with E-state index in [2.05, 4.69) is 10.1 Å². The third kappa shape index (κ3) is 8.55. The van der Waals surface area contributed by atoms with Gasteiger partial charge in [-0.05, 0) is 87.1 Å². The first-order valence-electron chi connectivity index (χ1n) is 13.5. The number of rotatable bonds is 13. The van der Waals surface area contributed by atoms with Gasteiger partial charge in [-0.25, -0.2) is 9.37 Å². The lowest BCUT2D eigenvalue weighted by Crippen LogP contribution is -2.16. The van der Waals surface area contributed by atoms with Crippen LogP contribution in [-0.4, -0.2) is 27.3 Å². The summed E-state index contributed by atoms with van der Waals surface area (Å²) in [5.41, 5.74) is 2.75. The number of oxazole rings is 1. The van der Waals surface area contributed by atoms with Crippen LogP contribution in [0.4, 0.5) is 17.6 Å². The van der Waals surface area contributed by atoms with Gasteiger partial charge in [-0.1, -0.05) is 12.1 Å². The van der Waals surface area contributed by atoms with Crippen molar-refractivity contribution < 1.29 is 36.2 Å². The summed E-state index contributed by atoms with van der Waals surface area (Å²) in [6.45, 7) is 4.40. The predicted octanol–water partition coefficient (Wildman–Crippen LogP) is 7.22. The molecule has 0 saturated heterocycles. The van der Waals surface area contributed by atoms with Crippen molar-refractivity contribution in [3.05, 3.63) is 100 Å². The number of esters is 1. The van der Waals surface area contributed by atoms with E-state index < -0.39 is 17.6 Å². The van der Waals surface area contributed by atoms with Crippen LogP contribution in [0.5, 0.6) is 5.75 Å². The molecular formula is C31H31F4N3O4. The molecule has 2 aromatic carbocycles. The number of carbonyl (C=O) groups excluding carboxylic acids is 1. The molecule has 0 radical (unpaired) electrons. The molecule has 222 valence electrons. The number of hydrogen-bond acceptors (Lipinski definition) is 6. The summed E-state index contributed by atoms with van der Waals surface area (Å²) >= 11 is 0. The summed E-state index contributed by atoms with van der Waals surface area (Å²) in [4.78, 5) is 16.0. The van der Waals surface area contributed by atoms with E-state index in [-0.39, 0.29) is 30.6 Å². The minimum absolute atomic E-state index is 0.0184. The Morgan fingerprint density at radius 2 is 1.88 bits per heavy atom. The van der Waals surface area contributed by atoms with Crippen molar-refractivity contribution in [2.45, 2.75) is 58.9 Å². The smallest absolute Gasteiger partial charge is 0.416 e. The van der Waals surface area contributed by atoms with Gasteiger partial charge in [0.2, 0.25) is 5.89 Å². The van der Waals surface area contributed by atoms with Crippen LogP contribution in [0.15, 0.2) is 59.3 Å². The number of unbranched alkanes of at least 4 members (excludes halogenated alkanes) is 1. The van der Waals surface area contributed by atoms with Crippen LogP contribution < -0.4 is 4.74 Å². The second kappa shape index (κ2) is 14.0. The minimum atomic E-state index is -4.61. The molecule has 4 aromatic rings. The summed E-state index contributed by atoms with van der Waals surface area (Å²) in [5.74, 6) is -0.447. The molecule has 0 N–H and O–H groups in total. The van der Waals surface area contributed by atoms with Crippen LogP contribution in [0, 0.1) is 12.7 Å². The number of carbonyl (C=O) groups is 1. The first kappa shape index (κ1) is 30.5. The molecule has 2 heterocycles. The zero-order valence-corrected chi connectivity index (χ0v) is 23.3. The molecule has 0 aliphatic carbocycles. The molecular weight excluding hydrogens is 554 g/mol. The number of halogens is 4. The molecule has 0 amide bonds. The zero-order chi connectivity index (χ0) is 30.1. The highest BCUT2D eigenvalue weighted by Gasteiger charge is 2.31. The van der Waals surface area contributed by atoms with E-state index in [4.69, 9.17) is 13.9 Å². The number of nitrogens with zero attached hydrogens (tertiary/aromatic N) is 3. The lowest BCUT2D eigenvalue weighted by molar-refractivity contribution is -0.144. The van der Waals surface area contributed by atoms with Crippen molar-refractivity contribution in [3.63, 3.8) is 0 Å². The first-order valence-corrected chi connectivity index (χ1v) is 13.5. The van der Waals surface area contributed by atoms with Gasteiger partial charge in [-0.2, -0.15) is 18.3 Å². The third-order valence-electron chi connectivity index (χ3n) is 6.52. The van der Waals surface area contributed by atoms with Crippen molar-refractivity contribution in [2.24, 2.45) is 0 Å². The van der Waals surface area contributed by atoms with Gasteiger partial charge in [0.1, 0.15) is 36.7 Å². The number of aromatic nitrogens is 3. The Bertz CT molecular complexity index is 1520. The van der Waals surface area contributed by atoms with E-state index in [0.717, 1.165) is 49.1 Å². The highest BCUT2D eigenvalue weighted by Crippen LogP contribution is 2.30. The fourth-order valence-electron chi connectivity index (χ4n) is 4.33. The monoisotopic (exact) mass is 585 g/mol. The summed E-state index contributed by atoms with van der Waals surface area (Å²) in [6, 6.07) is 10.1. The Labute approximate surface area is 240 Å². The van der Waals surface area contributed by atoms with E-state index in [1.54, 1.807) is 17.8 Å². The standard InChI is InChI=1S/C31H31F4N3O4/c1-3-40-30(39)18-38-26(14-15-36-38)7-5-4-6-22-9-12-27(16-21(22)2)41-19-25-20-42-29(37-25)13-10-23-8-11-24(17-28(23)32)31(33,34)35/h8-17,20H,3-7,18-19H2,1-2H3/b13-10+. The van der Waals surface area contributed by atoms with Gasteiger partial charge in [0, 0.05) is 23.5 Å². The Kier molecular flexibility index (Phi) is 10.2. The average molecular weight is 586 g/mol. The lowest BCUT2D eigenvalue weighted by atomic mass is 10.0. The van der Waals surface area contributed by atoms with Crippen molar-refractivity contribution in [3.8, 4) is 5.75 Å². The molecule has 0 fully saturated rings. The summed E-state index contributed by atoms with van der Waals surface area (Å²) in [5, 5.41) is 4.22. The summed E-state index contributed by atoms with van der Waals surface area (Å²) in [7, 11) is 0. The van der Waals surface area contributed by atoms with Gasteiger partial charge < -0.3 is 13.9 Å². The maximum atomic E-state index is 14.0. The van der Waals surface area contributed by atoms with Gasteiger partial charge in [0.05, 0.1) is 12.2 Å². The number of ether oxygens (including phenoxy) is 2. The van der Waals surface area contributed by atoms with Gasteiger partial charge in [0.15, 0.2) is 0 Å².